The molecule has 0 amide bonds. The lowest BCUT2D eigenvalue weighted by molar-refractivity contribution is 0.373. The minimum Gasteiger partial charge on any atom is -0.363 e. The quantitative estimate of drug-likeness (QED) is 0.855. The first-order valence-corrected chi connectivity index (χ1v) is 5.35. The number of rotatable bonds is 4. The summed E-state index contributed by atoms with van der Waals surface area (Å²) in [7, 11) is 0. The van der Waals surface area contributed by atoms with Gasteiger partial charge in [-0.1, -0.05) is 25.1 Å². The molecule has 0 saturated heterocycles. The van der Waals surface area contributed by atoms with Gasteiger partial charge in [-0.3, -0.25) is 4.98 Å². The zero-order chi connectivity index (χ0) is 11.4. The lowest BCUT2D eigenvalue weighted by atomic mass is 10.2. The molecule has 0 bridgehead atoms. The van der Waals surface area contributed by atoms with Gasteiger partial charge in [0, 0.05) is 30.9 Å². The fourth-order valence-electron chi connectivity index (χ4n) is 1.34. The number of nitrogens with one attached hydrogen (secondary N) is 1. The summed E-state index contributed by atoms with van der Waals surface area (Å²) in [6.45, 7) is 4.86. The molecule has 2 rings (SSSR count). The molecule has 0 spiro atoms. The number of aromatic nitrogens is 2. The maximum Gasteiger partial charge on any atom is 0.169 e. The van der Waals surface area contributed by atoms with Gasteiger partial charge in [0.05, 0.1) is 0 Å². The molecule has 0 saturated carbocycles. The monoisotopic (exact) mass is 217 g/mol. The fraction of sp³-hybridized carbons (Fsp3) is 0.333. The van der Waals surface area contributed by atoms with E-state index in [4.69, 9.17) is 4.52 Å². The third-order valence-electron chi connectivity index (χ3n) is 2.29. The Morgan fingerprint density at radius 1 is 1.44 bits per heavy atom. The van der Waals surface area contributed by atoms with Crippen LogP contribution in [0, 0.1) is 0 Å². The molecule has 0 aliphatic rings. The topological polar surface area (TPSA) is 51.0 Å². The average molecular weight is 217 g/mol. The maximum atomic E-state index is 5.19. The van der Waals surface area contributed by atoms with E-state index in [1.165, 1.54) is 0 Å². The third kappa shape index (κ3) is 2.59. The molecule has 0 fully saturated rings. The predicted octanol–water partition coefficient (Wildman–Crippen LogP) is 2.81. The second kappa shape index (κ2) is 4.79. The van der Waals surface area contributed by atoms with Crippen LogP contribution < -0.4 is 5.32 Å². The highest BCUT2D eigenvalue weighted by atomic mass is 16.5. The molecule has 0 aliphatic heterocycles. The Kier molecular flexibility index (Phi) is 3.19. The Bertz CT molecular complexity index is 437. The Labute approximate surface area is 94.7 Å². The maximum absolute atomic E-state index is 5.19. The van der Waals surface area contributed by atoms with Crippen LogP contribution in [-0.4, -0.2) is 10.1 Å². The number of nitrogens with zero attached hydrogens (tertiary/aromatic N) is 2. The molecule has 0 unspecified atom stereocenters. The summed E-state index contributed by atoms with van der Waals surface area (Å²) in [5.41, 5.74) is 1.12. The highest BCUT2D eigenvalue weighted by Gasteiger charge is 2.06. The van der Waals surface area contributed by atoms with Crippen LogP contribution in [0.2, 0.25) is 0 Å². The molecule has 16 heavy (non-hydrogen) atoms. The lowest BCUT2D eigenvalue weighted by Gasteiger charge is -2.00. The summed E-state index contributed by atoms with van der Waals surface area (Å²) in [5, 5.41) is 7.14. The zero-order valence-electron chi connectivity index (χ0n) is 9.47. The second-order valence-electron chi connectivity index (χ2n) is 3.98. The van der Waals surface area contributed by atoms with E-state index in [-0.39, 0.29) is 0 Å². The van der Waals surface area contributed by atoms with Gasteiger partial charge in [-0.2, -0.15) is 0 Å². The van der Waals surface area contributed by atoms with Gasteiger partial charge in [-0.15, -0.1) is 0 Å². The van der Waals surface area contributed by atoms with Crippen molar-refractivity contribution in [1.29, 1.82) is 0 Å². The average Bonchev–Trinajstić information content (AvgIpc) is 2.76. The number of hydrogen-bond acceptors (Lipinski definition) is 4. The number of pyridine rings is 1. The van der Waals surface area contributed by atoms with Gasteiger partial charge in [0.1, 0.15) is 5.76 Å². The summed E-state index contributed by atoms with van der Waals surface area (Å²) in [4.78, 5) is 4.05. The van der Waals surface area contributed by atoms with Crippen molar-refractivity contribution in [1.82, 2.24) is 10.1 Å². The summed E-state index contributed by atoms with van der Waals surface area (Å²) < 4.78 is 5.19. The molecule has 2 aromatic heterocycles. The van der Waals surface area contributed by atoms with Gasteiger partial charge in [-0.05, 0) is 11.6 Å². The van der Waals surface area contributed by atoms with Crippen LogP contribution in [0.3, 0.4) is 0 Å². The highest BCUT2D eigenvalue weighted by molar-refractivity contribution is 5.35. The standard InChI is InChI=1S/C12H15N3O/c1-9(2)11-6-12(15-16-11)14-8-10-4-3-5-13-7-10/h3-7,9H,8H2,1-2H3,(H,14,15). The predicted molar refractivity (Wildman–Crippen MR) is 62.2 cm³/mol. The number of anilines is 1. The Hall–Kier alpha value is -1.84. The van der Waals surface area contributed by atoms with E-state index in [9.17, 15) is 0 Å². The molecule has 2 aromatic rings. The Morgan fingerprint density at radius 2 is 2.31 bits per heavy atom. The Balaban J connectivity index is 1.95. The Morgan fingerprint density at radius 3 is 2.94 bits per heavy atom. The van der Waals surface area contributed by atoms with Gasteiger partial charge in [0.2, 0.25) is 0 Å². The van der Waals surface area contributed by atoms with Crippen molar-refractivity contribution in [3.8, 4) is 0 Å². The van der Waals surface area contributed by atoms with Crippen molar-refractivity contribution in [2.24, 2.45) is 0 Å². The van der Waals surface area contributed by atoms with E-state index in [0.717, 1.165) is 17.1 Å². The molecule has 0 atom stereocenters. The van der Waals surface area contributed by atoms with E-state index >= 15 is 0 Å². The lowest BCUT2D eigenvalue weighted by Crippen LogP contribution is -1.99. The second-order valence-corrected chi connectivity index (χ2v) is 3.98. The third-order valence-corrected chi connectivity index (χ3v) is 2.29. The minimum atomic E-state index is 0.362. The van der Waals surface area contributed by atoms with Crippen molar-refractivity contribution in [2.75, 3.05) is 5.32 Å². The van der Waals surface area contributed by atoms with Crippen molar-refractivity contribution in [3.05, 3.63) is 41.9 Å². The summed E-state index contributed by atoms with van der Waals surface area (Å²) >= 11 is 0. The van der Waals surface area contributed by atoms with Gasteiger partial charge < -0.3 is 9.84 Å². The number of hydrogen-bond donors (Lipinski definition) is 1. The van der Waals surface area contributed by atoms with Crippen LogP contribution in [0.15, 0.2) is 35.1 Å². The van der Waals surface area contributed by atoms with Crippen LogP contribution in [0.5, 0.6) is 0 Å². The molecule has 0 aliphatic carbocycles. The van der Waals surface area contributed by atoms with Gasteiger partial charge in [0.15, 0.2) is 5.82 Å². The molecule has 1 N–H and O–H groups in total. The molecule has 0 radical (unpaired) electrons. The van der Waals surface area contributed by atoms with Crippen molar-refractivity contribution in [2.45, 2.75) is 26.3 Å². The van der Waals surface area contributed by atoms with E-state index in [1.807, 2.05) is 24.4 Å². The van der Waals surface area contributed by atoms with Crippen LogP contribution in [0.25, 0.3) is 0 Å². The van der Waals surface area contributed by atoms with Crippen molar-refractivity contribution < 1.29 is 4.52 Å². The van der Waals surface area contributed by atoms with Gasteiger partial charge in [0.25, 0.3) is 0 Å². The van der Waals surface area contributed by atoms with Crippen molar-refractivity contribution >= 4 is 5.82 Å². The van der Waals surface area contributed by atoms with E-state index in [1.54, 1.807) is 6.20 Å². The molecule has 4 heteroatoms. The van der Waals surface area contributed by atoms with Gasteiger partial charge in [-0.25, -0.2) is 0 Å². The fourth-order valence-corrected chi connectivity index (χ4v) is 1.34. The largest absolute Gasteiger partial charge is 0.363 e. The smallest absolute Gasteiger partial charge is 0.169 e. The summed E-state index contributed by atoms with van der Waals surface area (Å²) in [5.74, 6) is 2.03. The first-order chi connectivity index (χ1) is 7.75. The molecule has 4 nitrogen and oxygen atoms in total. The molecule has 0 aromatic carbocycles. The van der Waals surface area contributed by atoms with Crippen LogP contribution >= 0.6 is 0 Å². The SMILES string of the molecule is CC(C)c1cc(NCc2cccnc2)no1. The molecular weight excluding hydrogens is 202 g/mol. The van der Waals surface area contributed by atoms with Crippen LogP contribution in [-0.2, 0) is 6.54 Å². The van der Waals surface area contributed by atoms with E-state index in [2.05, 4.69) is 29.3 Å². The summed E-state index contributed by atoms with van der Waals surface area (Å²) in [6, 6.07) is 5.86. The van der Waals surface area contributed by atoms with E-state index < -0.39 is 0 Å². The molecular formula is C12H15N3O. The molecule has 84 valence electrons. The summed E-state index contributed by atoms with van der Waals surface area (Å²) in [6.07, 6.45) is 3.59. The normalized spacial score (nSPS) is 10.7. The first-order valence-electron chi connectivity index (χ1n) is 5.35. The molecule has 2 heterocycles. The van der Waals surface area contributed by atoms with Crippen LogP contribution in [0.1, 0.15) is 31.1 Å². The van der Waals surface area contributed by atoms with Crippen LogP contribution in [0.4, 0.5) is 5.82 Å². The highest BCUT2D eigenvalue weighted by Crippen LogP contribution is 2.18. The minimum absolute atomic E-state index is 0.362. The van der Waals surface area contributed by atoms with E-state index in [0.29, 0.717) is 12.5 Å². The van der Waals surface area contributed by atoms with Crippen molar-refractivity contribution in [3.63, 3.8) is 0 Å². The zero-order valence-corrected chi connectivity index (χ0v) is 9.47. The first kappa shape index (κ1) is 10.7. The van der Waals surface area contributed by atoms with Gasteiger partial charge >= 0.3 is 0 Å².